The van der Waals surface area contributed by atoms with Gasteiger partial charge in [-0.1, -0.05) is 19.9 Å². The van der Waals surface area contributed by atoms with Gasteiger partial charge in [0.25, 0.3) is 0 Å². The number of amides is 1. The molecule has 0 unspecified atom stereocenters. The quantitative estimate of drug-likeness (QED) is 0.745. The van der Waals surface area contributed by atoms with Gasteiger partial charge in [-0.2, -0.15) is 0 Å². The van der Waals surface area contributed by atoms with Crippen LogP contribution < -0.4 is 0 Å². The highest BCUT2D eigenvalue weighted by molar-refractivity contribution is 5.79. The van der Waals surface area contributed by atoms with Gasteiger partial charge in [0, 0.05) is 24.6 Å². The minimum atomic E-state index is -0.104. The van der Waals surface area contributed by atoms with Crippen LogP contribution in [0.15, 0.2) is 11.8 Å². The van der Waals surface area contributed by atoms with E-state index in [-0.39, 0.29) is 22.8 Å². The van der Waals surface area contributed by atoms with Crippen molar-refractivity contribution in [2.24, 2.45) is 28.6 Å². The van der Waals surface area contributed by atoms with Crippen LogP contribution >= 0.6 is 0 Å². The molecule has 0 aromatic heterocycles. The first kappa shape index (κ1) is 14.7. The number of carbonyl (C=O) groups is 1. The molecule has 3 aliphatic carbocycles. The Bertz CT molecular complexity index is 542. The third kappa shape index (κ3) is 1.69. The number of hydrogen-bond donors (Lipinski definition) is 1. The molecule has 3 heteroatoms. The van der Waals surface area contributed by atoms with Gasteiger partial charge in [-0.25, -0.2) is 0 Å². The summed E-state index contributed by atoms with van der Waals surface area (Å²) in [5.41, 5.74) is 1.59. The summed E-state index contributed by atoms with van der Waals surface area (Å²) < 4.78 is 0. The van der Waals surface area contributed by atoms with Crippen LogP contribution in [0.1, 0.15) is 58.8 Å². The van der Waals surface area contributed by atoms with E-state index < -0.39 is 0 Å². The minimum absolute atomic E-state index is 0.104. The van der Waals surface area contributed by atoms with Crippen LogP contribution in [0.5, 0.6) is 0 Å². The Hall–Kier alpha value is -0.830. The predicted molar refractivity (Wildman–Crippen MR) is 85.9 cm³/mol. The number of rotatable bonds is 0. The molecule has 22 heavy (non-hydrogen) atoms. The lowest BCUT2D eigenvalue weighted by molar-refractivity contribution is -0.136. The molecule has 0 aromatic rings. The van der Waals surface area contributed by atoms with Crippen LogP contribution in [0.25, 0.3) is 0 Å². The van der Waals surface area contributed by atoms with E-state index in [1.54, 1.807) is 0 Å². The molecule has 3 fully saturated rings. The van der Waals surface area contributed by atoms with E-state index in [1.165, 1.54) is 18.5 Å². The molecular weight excluding hydrogens is 274 g/mol. The molecule has 1 heterocycles. The van der Waals surface area contributed by atoms with Gasteiger partial charge in [-0.3, -0.25) is 4.79 Å². The van der Waals surface area contributed by atoms with E-state index in [1.807, 2.05) is 11.9 Å². The average Bonchev–Trinajstić information content (AvgIpc) is 2.79. The zero-order valence-corrected chi connectivity index (χ0v) is 14.1. The normalized spacial score (nSPS) is 51.0. The molecule has 4 aliphatic rings. The van der Waals surface area contributed by atoms with Crippen LogP contribution in [-0.2, 0) is 4.79 Å². The van der Waals surface area contributed by atoms with Crippen LogP contribution in [0.3, 0.4) is 0 Å². The van der Waals surface area contributed by atoms with E-state index in [0.717, 1.165) is 25.7 Å². The van der Waals surface area contributed by atoms with Gasteiger partial charge in [0.2, 0.25) is 5.91 Å². The predicted octanol–water partition coefficient (Wildman–Crippen LogP) is 3.34. The van der Waals surface area contributed by atoms with E-state index in [9.17, 15) is 9.90 Å². The molecule has 1 amide bonds. The van der Waals surface area contributed by atoms with Crippen molar-refractivity contribution in [2.75, 3.05) is 7.05 Å². The second-order valence-corrected chi connectivity index (χ2v) is 8.71. The second kappa shape index (κ2) is 4.59. The molecule has 0 spiro atoms. The maximum Gasteiger partial charge on any atom is 0.226 e. The molecule has 1 N–H and O–H groups in total. The van der Waals surface area contributed by atoms with Crippen LogP contribution in [0, 0.1) is 28.6 Å². The number of carbonyl (C=O) groups excluding carboxylic acids is 1. The fourth-order valence-electron chi connectivity index (χ4n) is 6.55. The summed E-state index contributed by atoms with van der Waals surface area (Å²) in [6, 6.07) is 0. The topological polar surface area (TPSA) is 40.5 Å². The lowest BCUT2D eigenvalue weighted by Crippen LogP contribution is -2.54. The Labute approximate surface area is 133 Å². The summed E-state index contributed by atoms with van der Waals surface area (Å²) in [4.78, 5) is 14.0. The number of fused-ring (bicyclic) bond motifs is 5. The van der Waals surface area contributed by atoms with Crippen molar-refractivity contribution in [3.8, 4) is 0 Å². The summed E-state index contributed by atoms with van der Waals surface area (Å²) in [7, 11) is 1.96. The number of hydrogen-bond acceptors (Lipinski definition) is 2. The van der Waals surface area contributed by atoms with Gasteiger partial charge < -0.3 is 10.0 Å². The van der Waals surface area contributed by atoms with E-state index in [0.29, 0.717) is 24.2 Å². The van der Waals surface area contributed by atoms with Crippen molar-refractivity contribution in [2.45, 2.75) is 64.9 Å². The number of aliphatic hydroxyl groups excluding tert-OH is 1. The van der Waals surface area contributed by atoms with Gasteiger partial charge >= 0.3 is 0 Å². The number of piperidine rings is 1. The molecule has 0 radical (unpaired) electrons. The molecule has 122 valence electrons. The van der Waals surface area contributed by atoms with Crippen LogP contribution in [0.2, 0.25) is 0 Å². The molecule has 0 bridgehead atoms. The number of aliphatic hydroxyl groups is 1. The SMILES string of the molecule is CN1C(=O)CC[C@@]2(C)C1=CC[C@H]1[C@H]2CC[C@@]2(C)[C@@H](O)CC[C@@H]12. The van der Waals surface area contributed by atoms with E-state index >= 15 is 0 Å². The van der Waals surface area contributed by atoms with Crippen molar-refractivity contribution in [1.29, 1.82) is 0 Å². The smallest absolute Gasteiger partial charge is 0.226 e. The summed E-state index contributed by atoms with van der Waals surface area (Å²) in [6.45, 7) is 4.72. The van der Waals surface area contributed by atoms with Gasteiger partial charge in [0.1, 0.15) is 0 Å². The first-order chi connectivity index (χ1) is 10.4. The Morgan fingerprint density at radius 2 is 1.95 bits per heavy atom. The van der Waals surface area contributed by atoms with E-state index in [4.69, 9.17) is 0 Å². The van der Waals surface area contributed by atoms with Crippen molar-refractivity contribution < 1.29 is 9.90 Å². The van der Waals surface area contributed by atoms with Crippen molar-refractivity contribution in [3.05, 3.63) is 11.8 Å². The van der Waals surface area contributed by atoms with Crippen molar-refractivity contribution in [3.63, 3.8) is 0 Å². The van der Waals surface area contributed by atoms with Crippen LogP contribution in [0.4, 0.5) is 0 Å². The highest BCUT2D eigenvalue weighted by Gasteiger charge is 2.59. The molecule has 2 saturated carbocycles. The zero-order valence-electron chi connectivity index (χ0n) is 14.1. The Balaban J connectivity index is 1.71. The summed E-state index contributed by atoms with van der Waals surface area (Å²) in [5.74, 6) is 2.33. The Morgan fingerprint density at radius 3 is 2.73 bits per heavy atom. The third-order valence-electron chi connectivity index (χ3n) is 7.97. The summed E-state index contributed by atoms with van der Waals surface area (Å²) in [5, 5.41) is 10.5. The van der Waals surface area contributed by atoms with E-state index in [2.05, 4.69) is 19.9 Å². The maximum absolute atomic E-state index is 12.1. The Morgan fingerprint density at radius 1 is 1.18 bits per heavy atom. The van der Waals surface area contributed by atoms with Gasteiger partial charge in [0.15, 0.2) is 0 Å². The molecule has 1 saturated heterocycles. The number of allylic oxidation sites excluding steroid dienone is 2. The summed E-state index contributed by atoms with van der Waals surface area (Å²) >= 11 is 0. The molecule has 6 atom stereocenters. The molecule has 3 nitrogen and oxygen atoms in total. The average molecular weight is 303 g/mol. The summed E-state index contributed by atoms with van der Waals surface area (Å²) in [6.07, 6.45) is 9.59. The Kier molecular flexibility index (Phi) is 3.08. The number of likely N-dealkylation sites (tertiary alicyclic amines) is 1. The highest BCUT2D eigenvalue weighted by atomic mass is 16.3. The fourth-order valence-corrected chi connectivity index (χ4v) is 6.55. The number of nitrogens with zero attached hydrogens (tertiary/aromatic N) is 1. The van der Waals surface area contributed by atoms with Gasteiger partial charge in [-0.05, 0) is 61.7 Å². The lowest BCUT2D eigenvalue weighted by atomic mass is 9.49. The molecular formula is C19H29NO2. The lowest BCUT2D eigenvalue weighted by Gasteiger charge is -2.58. The standard InChI is InChI=1S/C19H29NO2/c1-18-11-9-17(22)20(3)15(18)6-4-12-13-5-7-16(21)19(13,2)10-8-14(12)18/h6,12-14,16,21H,4-5,7-11H2,1-3H3/t12-,13+,14-,16+,18-,19-/m1/s1. The monoisotopic (exact) mass is 303 g/mol. The maximum atomic E-state index is 12.1. The van der Waals surface area contributed by atoms with Gasteiger partial charge in [0.05, 0.1) is 6.10 Å². The molecule has 4 rings (SSSR count). The van der Waals surface area contributed by atoms with Crippen molar-refractivity contribution >= 4 is 5.91 Å². The van der Waals surface area contributed by atoms with Crippen LogP contribution in [-0.4, -0.2) is 29.1 Å². The third-order valence-corrected chi connectivity index (χ3v) is 7.97. The highest BCUT2D eigenvalue weighted by Crippen LogP contribution is 2.64. The minimum Gasteiger partial charge on any atom is -0.393 e. The second-order valence-electron chi connectivity index (χ2n) is 8.71. The molecule has 0 aromatic carbocycles. The van der Waals surface area contributed by atoms with Gasteiger partial charge in [-0.15, -0.1) is 0 Å². The fraction of sp³-hybridized carbons (Fsp3) is 0.842. The zero-order chi connectivity index (χ0) is 15.7. The first-order valence-corrected chi connectivity index (χ1v) is 9.03. The largest absolute Gasteiger partial charge is 0.393 e. The van der Waals surface area contributed by atoms with Crippen molar-refractivity contribution in [1.82, 2.24) is 4.90 Å². The first-order valence-electron chi connectivity index (χ1n) is 9.03. The molecule has 1 aliphatic heterocycles.